The van der Waals surface area contributed by atoms with E-state index in [9.17, 15) is 9.59 Å². The van der Waals surface area contributed by atoms with Crippen molar-refractivity contribution in [1.82, 2.24) is 4.98 Å². The van der Waals surface area contributed by atoms with Gasteiger partial charge in [-0.2, -0.15) is 0 Å². The van der Waals surface area contributed by atoms with Gasteiger partial charge in [0.15, 0.2) is 0 Å². The molecular formula is C22H21N3O3. The van der Waals surface area contributed by atoms with Crippen molar-refractivity contribution >= 4 is 23.3 Å². The number of pyridine rings is 1. The highest BCUT2D eigenvalue weighted by Gasteiger charge is 2.14. The third kappa shape index (κ3) is 4.94. The average molecular weight is 375 g/mol. The highest BCUT2D eigenvalue weighted by atomic mass is 16.5. The second-order valence-electron chi connectivity index (χ2n) is 6.37. The Balaban J connectivity index is 1.74. The summed E-state index contributed by atoms with van der Waals surface area (Å²) in [5.41, 5.74) is 1.35. The monoisotopic (exact) mass is 375 g/mol. The Morgan fingerprint density at radius 3 is 2.43 bits per heavy atom. The van der Waals surface area contributed by atoms with Crippen molar-refractivity contribution in [2.75, 3.05) is 10.6 Å². The van der Waals surface area contributed by atoms with Crippen molar-refractivity contribution in [2.45, 2.75) is 20.0 Å². The van der Waals surface area contributed by atoms with Gasteiger partial charge < -0.3 is 15.4 Å². The summed E-state index contributed by atoms with van der Waals surface area (Å²) in [6.07, 6.45) is 1.55. The molecule has 28 heavy (non-hydrogen) atoms. The molecule has 142 valence electrons. The zero-order chi connectivity index (χ0) is 19.9. The Hall–Kier alpha value is -3.67. The van der Waals surface area contributed by atoms with Crippen molar-refractivity contribution in [3.63, 3.8) is 0 Å². The van der Waals surface area contributed by atoms with E-state index in [1.807, 2.05) is 19.9 Å². The van der Waals surface area contributed by atoms with E-state index in [0.717, 1.165) is 0 Å². The lowest BCUT2D eigenvalue weighted by Gasteiger charge is -2.14. The standard InChI is InChI=1S/C22H21N3O3/c1-15(2)28-19-11-4-3-10-18(19)22(27)24-17-9-7-8-16(14-17)21(26)25-20-12-5-6-13-23-20/h3-15H,1-2H3,(H,24,27)(H,23,25,26). The molecule has 0 spiro atoms. The fourth-order valence-corrected chi connectivity index (χ4v) is 2.57. The number of anilines is 2. The lowest BCUT2D eigenvalue weighted by Crippen LogP contribution is -2.17. The molecule has 0 aliphatic carbocycles. The summed E-state index contributed by atoms with van der Waals surface area (Å²) < 4.78 is 5.70. The third-order valence-electron chi connectivity index (χ3n) is 3.78. The molecule has 3 aromatic rings. The van der Waals surface area contributed by atoms with Gasteiger partial charge >= 0.3 is 0 Å². The van der Waals surface area contributed by atoms with Crippen LogP contribution in [-0.2, 0) is 0 Å². The topological polar surface area (TPSA) is 80.3 Å². The van der Waals surface area contributed by atoms with Crippen LogP contribution >= 0.6 is 0 Å². The molecule has 6 nitrogen and oxygen atoms in total. The summed E-state index contributed by atoms with van der Waals surface area (Å²) in [7, 11) is 0. The molecule has 1 heterocycles. The minimum absolute atomic E-state index is 0.0485. The molecule has 6 heteroatoms. The second-order valence-corrected chi connectivity index (χ2v) is 6.37. The number of para-hydroxylation sites is 1. The molecule has 0 radical (unpaired) electrons. The normalized spacial score (nSPS) is 10.4. The van der Waals surface area contributed by atoms with E-state index >= 15 is 0 Å². The third-order valence-corrected chi connectivity index (χ3v) is 3.78. The van der Waals surface area contributed by atoms with Crippen LogP contribution in [0.3, 0.4) is 0 Å². The second kappa shape index (κ2) is 8.81. The molecule has 0 bridgehead atoms. The maximum Gasteiger partial charge on any atom is 0.259 e. The van der Waals surface area contributed by atoms with Crippen LogP contribution in [0.15, 0.2) is 72.9 Å². The number of carbonyl (C=O) groups is 2. The van der Waals surface area contributed by atoms with Crippen molar-refractivity contribution < 1.29 is 14.3 Å². The maximum atomic E-state index is 12.7. The minimum atomic E-state index is -0.307. The van der Waals surface area contributed by atoms with Crippen LogP contribution in [0.2, 0.25) is 0 Å². The van der Waals surface area contributed by atoms with E-state index in [1.165, 1.54) is 0 Å². The zero-order valence-electron chi connectivity index (χ0n) is 15.7. The van der Waals surface area contributed by atoms with Gasteiger partial charge in [0.1, 0.15) is 11.6 Å². The number of carbonyl (C=O) groups excluding carboxylic acids is 2. The fourth-order valence-electron chi connectivity index (χ4n) is 2.57. The summed E-state index contributed by atoms with van der Waals surface area (Å²) in [4.78, 5) is 29.2. The van der Waals surface area contributed by atoms with Gasteiger partial charge in [-0.3, -0.25) is 9.59 Å². The van der Waals surface area contributed by atoms with Crippen molar-refractivity contribution in [3.05, 3.63) is 84.1 Å². The van der Waals surface area contributed by atoms with Crippen LogP contribution < -0.4 is 15.4 Å². The predicted octanol–water partition coefficient (Wildman–Crippen LogP) is 4.37. The summed E-state index contributed by atoms with van der Waals surface area (Å²) in [6, 6.07) is 19.0. The first-order valence-corrected chi connectivity index (χ1v) is 8.92. The molecule has 0 aliphatic heterocycles. The molecule has 3 rings (SSSR count). The number of rotatable bonds is 6. The number of hydrogen-bond donors (Lipinski definition) is 2. The summed E-state index contributed by atoms with van der Waals surface area (Å²) in [5.74, 6) is 0.359. The lowest BCUT2D eigenvalue weighted by molar-refractivity contribution is 0.101. The number of amides is 2. The molecule has 2 amide bonds. The quantitative estimate of drug-likeness (QED) is 0.670. The molecule has 0 saturated heterocycles. The highest BCUT2D eigenvalue weighted by molar-refractivity contribution is 6.08. The van der Waals surface area contributed by atoms with E-state index in [1.54, 1.807) is 66.9 Å². The number of aromatic nitrogens is 1. The first kappa shape index (κ1) is 19.1. The number of nitrogens with one attached hydrogen (secondary N) is 2. The van der Waals surface area contributed by atoms with Gasteiger partial charge in [0, 0.05) is 17.4 Å². The Morgan fingerprint density at radius 2 is 1.68 bits per heavy atom. The molecule has 1 aromatic heterocycles. The predicted molar refractivity (Wildman–Crippen MR) is 109 cm³/mol. The molecular weight excluding hydrogens is 354 g/mol. The molecule has 0 unspecified atom stereocenters. The van der Waals surface area contributed by atoms with Gasteiger partial charge in [-0.1, -0.05) is 24.3 Å². The molecule has 0 saturated carbocycles. The van der Waals surface area contributed by atoms with Crippen LogP contribution in [0.25, 0.3) is 0 Å². The Labute approximate surface area is 163 Å². The first-order chi connectivity index (χ1) is 13.5. The Kier molecular flexibility index (Phi) is 6.01. The largest absolute Gasteiger partial charge is 0.490 e. The fraction of sp³-hybridized carbons (Fsp3) is 0.136. The summed E-state index contributed by atoms with van der Waals surface area (Å²) in [5, 5.41) is 5.53. The van der Waals surface area contributed by atoms with E-state index in [0.29, 0.717) is 28.4 Å². The Bertz CT molecular complexity index is 972. The smallest absolute Gasteiger partial charge is 0.259 e. The molecule has 0 atom stereocenters. The van der Waals surface area contributed by atoms with E-state index in [2.05, 4.69) is 15.6 Å². The lowest BCUT2D eigenvalue weighted by atomic mass is 10.1. The van der Waals surface area contributed by atoms with Gasteiger partial charge in [0.05, 0.1) is 11.7 Å². The molecule has 0 aliphatic rings. The summed E-state index contributed by atoms with van der Waals surface area (Å²) in [6.45, 7) is 3.80. The van der Waals surface area contributed by atoms with Crippen molar-refractivity contribution in [2.24, 2.45) is 0 Å². The van der Waals surface area contributed by atoms with Crippen molar-refractivity contribution in [1.29, 1.82) is 0 Å². The minimum Gasteiger partial charge on any atom is -0.490 e. The SMILES string of the molecule is CC(C)Oc1ccccc1C(=O)Nc1cccc(C(=O)Nc2ccccn2)c1. The number of benzene rings is 2. The molecule has 2 aromatic carbocycles. The van der Waals surface area contributed by atoms with Crippen LogP contribution in [0.5, 0.6) is 5.75 Å². The molecule has 2 N–H and O–H groups in total. The number of nitrogens with zero attached hydrogens (tertiary/aromatic N) is 1. The zero-order valence-corrected chi connectivity index (χ0v) is 15.7. The number of ether oxygens (including phenoxy) is 1. The van der Waals surface area contributed by atoms with Gasteiger partial charge in [0.2, 0.25) is 0 Å². The van der Waals surface area contributed by atoms with Crippen LogP contribution in [-0.4, -0.2) is 22.9 Å². The van der Waals surface area contributed by atoms with E-state index in [-0.39, 0.29) is 17.9 Å². The summed E-state index contributed by atoms with van der Waals surface area (Å²) >= 11 is 0. The van der Waals surface area contributed by atoms with Crippen LogP contribution in [0.1, 0.15) is 34.6 Å². The highest BCUT2D eigenvalue weighted by Crippen LogP contribution is 2.21. The van der Waals surface area contributed by atoms with Gasteiger partial charge in [-0.15, -0.1) is 0 Å². The van der Waals surface area contributed by atoms with Gasteiger partial charge in [-0.25, -0.2) is 4.98 Å². The van der Waals surface area contributed by atoms with E-state index in [4.69, 9.17) is 4.74 Å². The van der Waals surface area contributed by atoms with Crippen LogP contribution in [0.4, 0.5) is 11.5 Å². The van der Waals surface area contributed by atoms with Crippen molar-refractivity contribution in [3.8, 4) is 5.75 Å². The molecule has 0 fully saturated rings. The van der Waals surface area contributed by atoms with Gasteiger partial charge in [-0.05, 0) is 56.3 Å². The van der Waals surface area contributed by atoms with E-state index < -0.39 is 0 Å². The maximum absolute atomic E-state index is 12.7. The van der Waals surface area contributed by atoms with Gasteiger partial charge in [0.25, 0.3) is 11.8 Å². The first-order valence-electron chi connectivity index (χ1n) is 8.92. The average Bonchev–Trinajstić information content (AvgIpc) is 2.69. The van der Waals surface area contributed by atoms with Crippen LogP contribution in [0, 0.1) is 0 Å². The Morgan fingerprint density at radius 1 is 0.893 bits per heavy atom. The number of hydrogen-bond acceptors (Lipinski definition) is 4.